The second-order valence-corrected chi connectivity index (χ2v) is 10.0. The second-order valence-electron chi connectivity index (χ2n) is 8.00. The summed E-state index contributed by atoms with van der Waals surface area (Å²) in [7, 11) is -3.77. The Bertz CT molecular complexity index is 1230. The average molecular weight is 516 g/mol. The number of para-hydroxylation sites is 1. The molecular weight excluding hydrogens is 487 g/mol. The van der Waals surface area contributed by atoms with Crippen LogP contribution in [0.2, 0.25) is 0 Å². The van der Waals surface area contributed by atoms with Gasteiger partial charge in [-0.1, -0.05) is 18.2 Å². The highest BCUT2D eigenvalue weighted by Gasteiger charge is 2.33. The normalized spacial score (nSPS) is 13.7. The van der Waals surface area contributed by atoms with E-state index in [1.807, 2.05) is 6.07 Å². The largest absolute Gasteiger partial charge is 0.431 e. The Hall–Kier alpha value is -3.56. The van der Waals surface area contributed by atoms with Gasteiger partial charge in [0.1, 0.15) is 36.6 Å². The fraction of sp³-hybridized carbons (Fsp3) is 0.409. The minimum atomic E-state index is -3.77. The fourth-order valence-corrected chi connectivity index (χ4v) is 4.85. The van der Waals surface area contributed by atoms with Crippen molar-refractivity contribution in [3.8, 4) is 11.8 Å². The van der Waals surface area contributed by atoms with E-state index in [0.717, 1.165) is 0 Å². The summed E-state index contributed by atoms with van der Waals surface area (Å²) in [4.78, 5) is 25.0. The second kappa shape index (κ2) is 12.9. The van der Waals surface area contributed by atoms with Crippen LogP contribution in [0.5, 0.6) is 5.75 Å². The molecule has 13 nitrogen and oxygen atoms in total. The van der Waals surface area contributed by atoms with Gasteiger partial charge in [-0.3, -0.25) is 9.36 Å². The first-order valence-electron chi connectivity index (χ1n) is 11.2. The highest BCUT2D eigenvalue weighted by molar-refractivity contribution is 7.57. The molecular formula is C22H29N8O5P. The zero-order chi connectivity index (χ0) is 26.0. The van der Waals surface area contributed by atoms with E-state index < -0.39 is 19.5 Å². The Morgan fingerprint density at radius 3 is 2.72 bits per heavy atom. The van der Waals surface area contributed by atoms with E-state index in [-0.39, 0.29) is 38.0 Å². The number of nitrogens with one attached hydrogen (secondary N) is 2. The predicted octanol–water partition coefficient (Wildman–Crippen LogP) is 1.68. The summed E-state index contributed by atoms with van der Waals surface area (Å²) in [5.74, 6) is 0.168. The van der Waals surface area contributed by atoms with Crippen LogP contribution in [0, 0.1) is 11.3 Å². The van der Waals surface area contributed by atoms with Gasteiger partial charge in [-0.2, -0.15) is 5.26 Å². The van der Waals surface area contributed by atoms with Gasteiger partial charge in [0, 0.05) is 12.6 Å². The molecule has 3 aromatic rings. The van der Waals surface area contributed by atoms with Crippen LogP contribution < -0.4 is 20.7 Å². The maximum absolute atomic E-state index is 13.8. The van der Waals surface area contributed by atoms with Crippen molar-refractivity contribution >= 4 is 30.4 Å². The van der Waals surface area contributed by atoms with E-state index in [1.165, 1.54) is 6.33 Å². The lowest BCUT2D eigenvalue weighted by molar-refractivity contribution is -0.124. The number of carbonyl (C=O) groups is 1. The first-order valence-corrected chi connectivity index (χ1v) is 13.0. The molecule has 0 aliphatic heterocycles. The van der Waals surface area contributed by atoms with Crippen LogP contribution in [0.3, 0.4) is 0 Å². The Balaban J connectivity index is 1.71. The van der Waals surface area contributed by atoms with Gasteiger partial charge in [-0.15, -0.1) is 0 Å². The highest BCUT2D eigenvalue weighted by Crippen LogP contribution is 2.43. The van der Waals surface area contributed by atoms with Gasteiger partial charge in [-0.25, -0.2) is 20.0 Å². The zero-order valence-corrected chi connectivity index (χ0v) is 20.9. The first kappa shape index (κ1) is 27.0. The van der Waals surface area contributed by atoms with Crippen LogP contribution in [0.4, 0.5) is 5.82 Å². The molecule has 2 unspecified atom stereocenters. The number of ether oxygens (including phenoxy) is 2. The number of carbonyl (C=O) groups excluding carboxylic acids is 1. The highest BCUT2D eigenvalue weighted by atomic mass is 31.2. The van der Waals surface area contributed by atoms with Crippen LogP contribution in [-0.2, 0) is 25.4 Å². The summed E-state index contributed by atoms with van der Waals surface area (Å²) >= 11 is 0. The minimum Gasteiger partial charge on any atom is -0.431 e. The van der Waals surface area contributed by atoms with E-state index in [4.69, 9.17) is 25.0 Å². The lowest BCUT2D eigenvalue weighted by atomic mass is 10.3. The lowest BCUT2D eigenvalue weighted by Crippen LogP contribution is -2.48. The van der Waals surface area contributed by atoms with Gasteiger partial charge in [0.25, 0.3) is 0 Å². The van der Waals surface area contributed by atoms with E-state index in [1.54, 1.807) is 55.1 Å². The van der Waals surface area contributed by atoms with Crippen molar-refractivity contribution < 1.29 is 23.4 Å². The Kier molecular flexibility index (Phi) is 9.72. The molecule has 0 saturated heterocycles. The standard InChI is InChI=1S/C22H29N8O5P/c1-16(2)28-22(31)18(12-33-10-8-23)29-36(32,35-17-6-4-3-5-7-17)15-34-11-9-30-14-27-19-20(24)25-13-26-21(19)30/h3-7,13-14,16,18H,9-12,15H2,1-2H3,(H,28,31)(H,29,32)(H2,24,25,26). The number of hydrogen-bond donors (Lipinski definition) is 3. The molecule has 4 N–H and O–H groups in total. The number of nitrogen functional groups attached to an aromatic ring is 1. The quantitative estimate of drug-likeness (QED) is 0.210. The number of benzene rings is 1. The number of amides is 1. The summed E-state index contributed by atoms with van der Waals surface area (Å²) in [5.41, 5.74) is 6.85. The van der Waals surface area contributed by atoms with Crippen molar-refractivity contribution in [3.05, 3.63) is 43.0 Å². The third-order valence-electron chi connectivity index (χ3n) is 4.71. The van der Waals surface area contributed by atoms with Crippen molar-refractivity contribution in [2.75, 3.05) is 31.9 Å². The average Bonchev–Trinajstić information content (AvgIpc) is 3.26. The van der Waals surface area contributed by atoms with E-state index in [2.05, 4.69) is 25.4 Å². The molecule has 0 radical (unpaired) electrons. The fourth-order valence-electron chi connectivity index (χ4n) is 3.17. The number of nitrogens with zero attached hydrogens (tertiary/aromatic N) is 5. The predicted molar refractivity (Wildman–Crippen MR) is 132 cm³/mol. The van der Waals surface area contributed by atoms with Crippen LogP contribution >= 0.6 is 7.52 Å². The van der Waals surface area contributed by atoms with Crippen LogP contribution in [0.1, 0.15) is 13.8 Å². The Morgan fingerprint density at radius 2 is 2.00 bits per heavy atom. The number of nitrogens with two attached hydrogens (primary N) is 1. The van der Waals surface area contributed by atoms with Crippen molar-refractivity contribution in [3.63, 3.8) is 0 Å². The summed E-state index contributed by atoms with van der Waals surface area (Å²) in [6.45, 7) is 3.68. The van der Waals surface area contributed by atoms with Crippen molar-refractivity contribution in [2.45, 2.75) is 32.5 Å². The summed E-state index contributed by atoms with van der Waals surface area (Å²) in [6.07, 6.45) is 2.57. The van der Waals surface area contributed by atoms with Crippen LogP contribution in [0.15, 0.2) is 43.0 Å². The molecule has 36 heavy (non-hydrogen) atoms. The molecule has 0 fully saturated rings. The SMILES string of the molecule is CC(C)NC(=O)C(COCC#N)NP(=O)(COCCn1cnc2c(N)ncnc21)Oc1ccccc1. The first-order chi connectivity index (χ1) is 17.3. The maximum Gasteiger partial charge on any atom is 0.342 e. The molecule has 0 bridgehead atoms. The third kappa shape index (κ3) is 7.73. The van der Waals surface area contributed by atoms with Gasteiger partial charge in [0.2, 0.25) is 5.91 Å². The zero-order valence-electron chi connectivity index (χ0n) is 20.0. The topological polar surface area (TPSA) is 179 Å². The molecule has 0 aliphatic carbocycles. The Labute approximate surface area is 208 Å². The lowest BCUT2D eigenvalue weighted by Gasteiger charge is -2.26. The van der Waals surface area contributed by atoms with Gasteiger partial charge in [-0.05, 0) is 26.0 Å². The Morgan fingerprint density at radius 1 is 1.22 bits per heavy atom. The molecule has 2 aromatic heterocycles. The van der Waals surface area contributed by atoms with Crippen LogP contribution in [0.25, 0.3) is 11.2 Å². The number of hydrogen-bond acceptors (Lipinski definition) is 10. The molecule has 3 rings (SSSR count). The summed E-state index contributed by atoms with van der Waals surface area (Å²) < 4.78 is 32.3. The van der Waals surface area contributed by atoms with E-state index in [0.29, 0.717) is 23.5 Å². The van der Waals surface area contributed by atoms with E-state index in [9.17, 15) is 9.36 Å². The van der Waals surface area contributed by atoms with E-state index >= 15 is 0 Å². The molecule has 1 amide bonds. The third-order valence-corrected chi connectivity index (χ3v) is 6.45. The number of rotatable bonds is 14. The molecule has 2 atom stereocenters. The van der Waals surface area contributed by atoms with Crippen molar-refractivity contribution in [1.29, 1.82) is 5.26 Å². The van der Waals surface area contributed by atoms with Gasteiger partial charge >= 0.3 is 7.52 Å². The molecule has 0 aliphatic rings. The number of nitriles is 1. The molecule has 192 valence electrons. The minimum absolute atomic E-state index is 0.146. The number of fused-ring (bicyclic) bond motifs is 1. The number of anilines is 1. The molecule has 0 saturated carbocycles. The number of imidazole rings is 1. The summed E-state index contributed by atoms with van der Waals surface area (Å²) in [6, 6.07) is 9.19. The van der Waals surface area contributed by atoms with Crippen LogP contribution in [-0.4, -0.2) is 63.7 Å². The van der Waals surface area contributed by atoms with Gasteiger partial charge in [0.15, 0.2) is 11.5 Å². The summed E-state index contributed by atoms with van der Waals surface area (Å²) in [5, 5.41) is 14.3. The number of aromatic nitrogens is 4. The molecule has 1 aromatic carbocycles. The van der Waals surface area contributed by atoms with Crippen molar-refractivity contribution in [1.82, 2.24) is 29.9 Å². The maximum atomic E-state index is 13.8. The van der Waals surface area contributed by atoms with Crippen molar-refractivity contribution in [2.24, 2.45) is 0 Å². The molecule has 14 heteroatoms. The monoisotopic (exact) mass is 516 g/mol. The molecule has 0 spiro atoms. The smallest absolute Gasteiger partial charge is 0.342 e. The van der Waals surface area contributed by atoms with Gasteiger partial charge in [0.05, 0.1) is 25.6 Å². The molecule has 2 heterocycles. The van der Waals surface area contributed by atoms with Gasteiger partial charge < -0.3 is 29.6 Å².